The van der Waals surface area contributed by atoms with Crippen LogP contribution in [0.2, 0.25) is 5.02 Å². The quantitative estimate of drug-likeness (QED) is 0.548. The van der Waals surface area contributed by atoms with Crippen molar-refractivity contribution in [3.8, 4) is 11.3 Å². The number of halogens is 4. The van der Waals surface area contributed by atoms with E-state index in [1.807, 2.05) is 0 Å². The van der Waals surface area contributed by atoms with Gasteiger partial charge in [-0.25, -0.2) is 18.2 Å². The summed E-state index contributed by atoms with van der Waals surface area (Å²) < 4.78 is 50.0. The molecule has 3 rings (SSSR count). The van der Waals surface area contributed by atoms with Crippen molar-refractivity contribution >= 4 is 29.2 Å². The Kier molecular flexibility index (Phi) is 6.73. The number of benzene rings is 2. The summed E-state index contributed by atoms with van der Waals surface area (Å²) in [6.07, 6.45) is 1.18. The zero-order valence-corrected chi connectivity index (χ0v) is 16.0. The van der Waals surface area contributed by atoms with Gasteiger partial charge in [0.15, 0.2) is 18.3 Å². The molecule has 6 nitrogen and oxygen atoms in total. The van der Waals surface area contributed by atoms with Crippen molar-refractivity contribution in [2.24, 2.45) is 0 Å². The Hall–Kier alpha value is -3.33. The van der Waals surface area contributed by atoms with E-state index in [1.165, 1.54) is 24.4 Å². The first-order valence-electron chi connectivity index (χ1n) is 8.62. The normalized spacial score (nSPS) is 10.7. The van der Waals surface area contributed by atoms with Gasteiger partial charge in [-0.1, -0.05) is 11.6 Å². The number of hydrogen-bond donors (Lipinski definition) is 1. The average molecular weight is 439 g/mol. The molecule has 1 heterocycles. The van der Waals surface area contributed by atoms with Crippen LogP contribution in [0.5, 0.6) is 0 Å². The largest absolute Gasteiger partial charge is 0.456 e. The number of ether oxygens (including phenoxy) is 1. The fourth-order valence-corrected chi connectivity index (χ4v) is 2.62. The molecule has 30 heavy (non-hydrogen) atoms. The zero-order valence-electron chi connectivity index (χ0n) is 15.3. The van der Waals surface area contributed by atoms with E-state index in [9.17, 15) is 22.8 Å². The molecule has 1 amide bonds. The average Bonchev–Trinajstić information content (AvgIpc) is 3.16. The van der Waals surface area contributed by atoms with E-state index >= 15 is 0 Å². The number of carbonyl (C=O) groups is 2. The molecule has 0 bridgehead atoms. The van der Waals surface area contributed by atoms with Gasteiger partial charge in [0.1, 0.15) is 17.5 Å². The minimum Gasteiger partial charge on any atom is -0.456 e. The summed E-state index contributed by atoms with van der Waals surface area (Å²) in [4.78, 5) is 27.5. The molecule has 1 N–H and O–H groups in total. The number of anilines is 1. The van der Waals surface area contributed by atoms with Crippen molar-refractivity contribution in [3.05, 3.63) is 71.0 Å². The Morgan fingerprint density at radius 1 is 1.10 bits per heavy atom. The SMILES string of the molecule is O=C(COC(=O)CCc1ncc(-c2ccc(F)cc2F)o1)Nc1ccc(F)c(Cl)c1. The van der Waals surface area contributed by atoms with Crippen LogP contribution in [-0.4, -0.2) is 23.5 Å². The highest BCUT2D eigenvalue weighted by atomic mass is 35.5. The highest BCUT2D eigenvalue weighted by molar-refractivity contribution is 6.31. The van der Waals surface area contributed by atoms with Crippen LogP contribution < -0.4 is 5.32 Å². The topological polar surface area (TPSA) is 81.4 Å². The van der Waals surface area contributed by atoms with E-state index in [0.29, 0.717) is 0 Å². The summed E-state index contributed by atoms with van der Waals surface area (Å²) in [6, 6.07) is 6.65. The molecule has 0 aliphatic rings. The van der Waals surface area contributed by atoms with Gasteiger partial charge in [-0.2, -0.15) is 0 Å². The molecule has 2 aromatic carbocycles. The predicted molar refractivity (Wildman–Crippen MR) is 101 cm³/mol. The first-order valence-corrected chi connectivity index (χ1v) is 9.00. The van der Waals surface area contributed by atoms with Gasteiger partial charge in [-0.15, -0.1) is 0 Å². The molecule has 0 spiro atoms. The van der Waals surface area contributed by atoms with Gasteiger partial charge in [0, 0.05) is 18.2 Å². The molecule has 0 saturated heterocycles. The number of rotatable bonds is 7. The maximum atomic E-state index is 13.8. The molecule has 0 aliphatic heterocycles. The Morgan fingerprint density at radius 3 is 2.63 bits per heavy atom. The third kappa shape index (κ3) is 5.60. The number of esters is 1. The highest BCUT2D eigenvalue weighted by Crippen LogP contribution is 2.24. The number of aryl methyl sites for hydroxylation is 1. The lowest BCUT2D eigenvalue weighted by molar-refractivity contribution is -0.147. The van der Waals surface area contributed by atoms with Crippen molar-refractivity contribution in [1.82, 2.24) is 4.98 Å². The number of carbonyl (C=O) groups excluding carboxylic acids is 2. The van der Waals surface area contributed by atoms with Crippen LogP contribution in [0.3, 0.4) is 0 Å². The molecule has 0 fully saturated rings. The van der Waals surface area contributed by atoms with Gasteiger partial charge >= 0.3 is 5.97 Å². The lowest BCUT2D eigenvalue weighted by Gasteiger charge is -2.07. The third-order valence-electron chi connectivity index (χ3n) is 3.86. The van der Waals surface area contributed by atoms with Crippen LogP contribution in [-0.2, 0) is 20.7 Å². The zero-order chi connectivity index (χ0) is 21.7. The number of nitrogens with zero attached hydrogens (tertiary/aromatic N) is 1. The van der Waals surface area contributed by atoms with E-state index < -0.39 is 35.9 Å². The van der Waals surface area contributed by atoms with Crippen LogP contribution in [0.15, 0.2) is 47.0 Å². The first-order chi connectivity index (χ1) is 14.3. The lowest BCUT2D eigenvalue weighted by Crippen LogP contribution is -2.21. The summed E-state index contributed by atoms with van der Waals surface area (Å²) in [5.74, 6) is -3.22. The molecule has 0 atom stereocenters. The highest BCUT2D eigenvalue weighted by Gasteiger charge is 2.14. The maximum absolute atomic E-state index is 13.8. The van der Waals surface area contributed by atoms with Crippen molar-refractivity contribution in [2.45, 2.75) is 12.8 Å². The molecule has 0 radical (unpaired) electrons. The van der Waals surface area contributed by atoms with Crippen LogP contribution in [0.25, 0.3) is 11.3 Å². The lowest BCUT2D eigenvalue weighted by atomic mass is 10.2. The molecule has 0 saturated carbocycles. The predicted octanol–water partition coefficient (Wildman–Crippen LogP) is 4.53. The third-order valence-corrected chi connectivity index (χ3v) is 4.15. The molecular weight excluding hydrogens is 425 g/mol. The van der Waals surface area contributed by atoms with E-state index in [1.54, 1.807) is 0 Å². The fraction of sp³-hybridized carbons (Fsp3) is 0.150. The molecule has 1 aromatic heterocycles. The monoisotopic (exact) mass is 438 g/mol. The van der Waals surface area contributed by atoms with Gasteiger partial charge in [0.2, 0.25) is 0 Å². The van der Waals surface area contributed by atoms with Crippen LogP contribution >= 0.6 is 11.6 Å². The van der Waals surface area contributed by atoms with Crippen molar-refractivity contribution in [3.63, 3.8) is 0 Å². The van der Waals surface area contributed by atoms with Crippen LogP contribution in [0, 0.1) is 17.5 Å². The Balaban J connectivity index is 1.46. The standard InChI is InChI=1S/C20H14ClF3N2O4/c21-14-8-12(2-4-15(14)23)26-18(27)10-29-20(28)6-5-19-25-9-17(30-19)13-3-1-11(22)7-16(13)24/h1-4,7-9H,5-6,10H2,(H,26,27). The smallest absolute Gasteiger partial charge is 0.306 e. The van der Waals surface area contributed by atoms with Gasteiger partial charge in [-0.05, 0) is 30.3 Å². The first kappa shape index (κ1) is 21.4. The second-order valence-corrected chi connectivity index (χ2v) is 6.49. The summed E-state index contributed by atoms with van der Waals surface area (Å²) in [5.41, 5.74) is 0.290. The number of amides is 1. The number of hydrogen-bond acceptors (Lipinski definition) is 5. The molecule has 3 aromatic rings. The van der Waals surface area contributed by atoms with Crippen molar-refractivity contribution < 1.29 is 31.9 Å². The van der Waals surface area contributed by atoms with Crippen LogP contribution in [0.1, 0.15) is 12.3 Å². The molecule has 0 aliphatic carbocycles. The summed E-state index contributed by atoms with van der Waals surface area (Å²) in [5, 5.41) is 2.25. The number of nitrogens with one attached hydrogen (secondary N) is 1. The Bertz CT molecular complexity index is 1090. The van der Waals surface area contributed by atoms with Gasteiger partial charge in [-0.3, -0.25) is 9.59 Å². The van der Waals surface area contributed by atoms with Crippen molar-refractivity contribution in [1.29, 1.82) is 0 Å². The second-order valence-electron chi connectivity index (χ2n) is 6.08. The molecule has 10 heteroatoms. The maximum Gasteiger partial charge on any atom is 0.306 e. The van der Waals surface area contributed by atoms with E-state index in [-0.39, 0.29) is 40.8 Å². The fourth-order valence-electron chi connectivity index (χ4n) is 2.44. The molecule has 156 valence electrons. The van der Waals surface area contributed by atoms with Gasteiger partial charge < -0.3 is 14.5 Å². The minimum absolute atomic E-state index is 0.0373. The second kappa shape index (κ2) is 9.45. The summed E-state index contributed by atoms with van der Waals surface area (Å²) >= 11 is 5.62. The Labute approximate surface area is 173 Å². The van der Waals surface area contributed by atoms with Gasteiger partial charge in [0.25, 0.3) is 5.91 Å². The molecular formula is C20H14ClF3N2O4. The van der Waals surface area contributed by atoms with Crippen LogP contribution in [0.4, 0.5) is 18.9 Å². The number of oxazole rings is 1. The van der Waals surface area contributed by atoms with E-state index in [4.69, 9.17) is 20.8 Å². The van der Waals surface area contributed by atoms with Gasteiger partial charge in [0.05, 0.1) is 23.2 Å². The van der Waals surface area contributed by atoms with E-state index in [2.05, 4.69) is 10.3 Å². The Morgan fingerprint density at radius 2 is 1.90 bits per heavy atom. The summed E-state index contributed by atoms with van der Waals surface area (Å²) in [7, 11) is 0. The number of aromatic nitrogens is 1. The van der Waals surface area contributed by atoms with E-state index in [0.717, 1.165) is 18.2 Å². The van der Waals surface area contributed by atoms with Crippen molar-refractivity contribution in [2.75, 3.05) is 11.9 Å². The molecule has 0 unspecified atom stereocenters. The summed E-state index contributed by atoms with van der Waals surface area (Å²) in [6.45, 7) is -0.550. The minimum atomic E-state index is -0.800.